The summed E-state index contributed by atoms with van der Waals surface area (Å²) in [5, 5.41) is 3.83. The predicted octanol–water partition coefficient (Wildman–Crippen LogP) is 3.21. The van der Waals surface area contributed by atoms with Crippen molar-refractivity contribution >= 4 is 22.1 Å². The standard InChI is InChI=1S/C23H22FN3O3S/c24-21-13-11-20(12-14-21)17-25-26-23(28)18-27(16-15-19-7-3-1-4-8-19)31(29,30)22-9-5-2-6-10-22/h1-14,17H,15-16,18H2,(H,26,28)/b25-17-. The summed E-state index contributed by atoms with van der Waals surface area (Å²) in [6, 6.07) is 23.0. The predicted molar refractivity (Wildman–Crippen MR) is 117 cm³/mol. The maximum absolute atomic E-state index is 13.1. The number of hydrogen-bond donors (Lipinski definition) is 1. The first kappa shape index (κ1) is 22.3. The van der Waals surface area contributed by atoms with Gasteiger partial charge in [-0.15, -0.1) is 0 Å². The molecular weight excluding hydrogens is 417 g/mol. The number of nitrogens with one attached hydrogen (secondary N) is 1. The molecule has 1 amide bonds. The van der Waals surface area contributed by atoms with E-state index in [-0.39, 0.29) is 23.8 Å². The molecule has 0 spiro atoms. The number of halogens is 1. The first-order valence-corrected chi connectivity index (χ1v) is 11.1. The van der Waals surface area contributed by atoms with Gasteiger partial charge in [0.05, 0.1) is 17.7 Å². The van der Waals surface area contributed by atoms with E-state index in [1.54, 1.807) is 18.2 Å². The highest BCUT2D eigenvalue weighted by molar-refractivity contribution is 7.89. The third-order valence-corrected chi connectivity index (χ3v) is 6.33. The molecule has 0 bridgehead atoms. The number of amides is 1. The van der Waals surface area contributed by atoms with Crippen molar-refractivity contribution in [1.82, 2.24) is 9.73 Å². The second-order valence-corrected chi connectivity index (χ2v) is 8.67. The lowest BCUT2D eigenvalue weighted by Gasteiger charge is -2.21. The molecule has 3 rings (SSSR count). The third kappa shape index (κ3) is 6.56. The van der Waals surface area contributed by atoms with Crippen molar-refractivity contribution in [1.29, 1.82) is 0 Å². The maximum Gasteiger partial charge on any atom is 0.255 e. The van der Waals surface area contributed by atoms with E-state index in [2.05, 4.69) is 10.5 Å². The maximum atomic E-state index is 13.1. The second kappa shape index (κ2) is 10.6. The zero-order valence-electron chi connectivity index (χ0n) is 16.7. The van der Waals surface area contributed by atoms with Gasteiger partial charge in [-0.1, -0.05) is 60.7 Å². The number of hydrazone groups is 1. The van der Waals surface area contributed by atoms with Crippen LogP contribution in [-0.2, 0) is 21.2 Å². The average molecular weight is 440 g/mol. The zero-order chi connectivity index (χ0) is 22.1. The molecule has 3 aromatic carbocycles. The molecule has 0 atom stereocenters. The Labute approximate surface area is 181 Å². The summed E-state index contributed by atoms with van der Waals surface area (Å²) < 4.78 is 40.3. The molecule has 0 aromatic heterocycles. The van der Waals surface area contributed by atoms with E-state index >= 15 is 0 Å². The molecule has 0 fully saturated rings. The van der Waals surface area contributed by atoms with Crippen LogP contribution in [-0.4, -0.2) is 37.9 Å². The van der Waals surface area contributed by atoms with Crippen molar-refractivity contribution in [3.63, 3.8) is 0 Å². The smallest absolute Gasteiger partial charge is 0.255 e. The number of carbonyl (C=O) groups excluding carboxylic acids is 1. The minimum atomic E-state index is -3.87. The molecule has 6 nitrogen and oxygen atoms in total. The Bertz CT molecular complexity index is 1120. The molecule has 1 N–H and O–H groups in total. The van der Waals surface area contributed by atoms with Crippen LogP contribution in [0.25, 0.3) is 0 Å². The second-order valence-electron chi connectivity index (χ2n) is 6.73. The van der Waals surface area contributed by atoms with Crippen LogP contribution in [0.5, 0.6) is 0 Å². The van der Waals surface area contributed by atoms with Gasteiger partial charge in [-0.25, -0.2) is 18.2 Å². The third-order valence-electron chi connectivity index (χ3n) is 4.47. The van der Waals surface area contributed by atoms with E-state index in [9.17, 15) is 17.6 Å². The largest absolute Gasteiger partial charge is 0.272 e. The Hall–Kier alpha value is -3.36. The molecule has 0 saturated heterocycles. The Kier molecular flexibility index (Phi) is 7.64. The van der Waals surface area contributed by atoms with Gasteiger partial charge in [0.1, 0.15) is 5.82 Å². The highest BCUT2D eigenvalue weighted by Crippen LogP contribution is 2.16. The number of rotatable bonds is 9. The Morgan fingerprint density at radius 3 is 2.19 bits per heavy atom. The van der Waals surface area contributed by atoms with Crippen molar-refractivity contribution in [3.8, 4) is 0 Å². The van der Waals surface area contributed by atoms with Crippen LogP contribution in [0.1, 0.15) is 11.1 Å². The minimum absolute atomic E-state index is 0.116. The summed E-state index contributed by atoms with van der Waals surface area (Å²) in [5.74, 6) is -0.952. The number of benzene rings is 3. The monoisotopic (exact) mass is 439 g/mol. The molecule has 0 unspecified atom stereocenters. The van der Waals surface area contributed by atoms with Gasteiger partial charge in [0.15, 0.2) is 0 Å². The van der Waals surface area contributed by atoms with Crippen molar-refractivity contribution in [2.24, 2.45) is 5.10 Å². The van der Waals surface area contributed by atoms with Crippen molar-refractivity contribution < 1.29 is 17.6 Å². The topological polar surface area (TPSA) is 78.8 Å². The quantitative estimate of drug-likeness (QED) is 0.411. The molecule has 0 aliphatic carbocycles. The molecule has 0 heterocycles. The molecule has 3 aromatic rings. The number of sulfonamides is 1. The fraction of sp³-hybridized carbons (Fsp3) is 0.130. The van der Waals surface area contributed by atoms with Gasteiger partial charge < -0.3 is 0 Å². The van der Waals surface area contributed by atoms with Crippen LogP contribution in [0.4, 0.5) is 4.39 Å². The molecule has 31 heavy (non-hydrogen) atoms. The molecule has 0 saturated carbocycles. The molecule has 0 aliphatic rings. The molecule has 8 heteroatoms. The zero-order valence-corrected chi connectivity index (χ0v) is 17.5. The highest BCUT2D eigenvalue weighted by Gasteiger charge is 2.26. The van der Waals surface area contributed by atoms with E-state index in [4.69, 9.17) is 0 Å². The lowest BCUT2D eigenvalue weighted by molar-refractivity contribution is -0.121. The Balaban J connectivity index is 1.70. The van der Waals surface area contributed by atoms with E-state index in [0.29, 0.717) is 12.0 Å². The highest BCUT2D eigenvalue weighted by atomic mass is 32.2. The normalized spacial score (nSPS) is 11.7. The van der Waals surface area contributed by atoms with E-state index in [0.717, 1.165) is 9.87 Å². The SMILES string of the molecule is O=C(CN(CCc1ccccc1)S(=O)(=O)c1ccccc1)N/N=C\c1ccc(F)cc1. The van der Waals surface area contributed by atoms with Crippen LogP contribution in [0, 0.1) is 5.82 Å². The first-order chi connectivity index (χ1) is 14.9. The van der Waals surface area contributed by atoms with Crippen LogP contribution in [0.2, 0.25) is 0 Å². The Morgan fingerprint density at radius 2 is 1.55 bits per heavy atom. The van der Waals surface area contributed by atoms with E-state index in [1.165, 1.54) is 42.6 Å². The lowest BCUT2D eigenvalue weighted by atomic mass is 10.1. The van der Waals surface area contributed by atoms with Crippen molar-refractivity contribution in [2.45, 2.75) is 11.3 Å². The van der Waals surface area contributed by atoms with E-state index in [1.807, 2.05) is 30.3 Å². The van der Waals surface area contributed by atoms with Crippen molar-refractivity contribution in [2.75, 3.05) is 13.1 Å². The number of hydrogen-bond acceptors (Lipinski definition) is 4. The number of carbonyl (C=O) groups is 1. The molecule has 0 radical (unpaired) electrons. The van der Waals surface area contributed by atoms with Crippen molar-refractivity contribution in [3.05, 3.63) is 102 Å². The molecule has 160 valence electrons. The summed E-state index contributed by atoms with van der Waals surface area (Å²) in [4.78, 5) is 12.5. The molecular formula is C23H22FN3O3S. The summed E-state index contributed by atoms with van der Waals surface area (Å²) in [5.41, 5.74) is 3.89. The number of nitrogens with zero attached hydrogens (tertiary/aromatic N) is 2. The minimum Gasteiger partial charge on any atom is -0.272 e. The molecule has 0 aliphatic heterocycles. The van der Waals surface area contributed by atoms with Gasteiger partial charge in [-0.05, 0) is 41.8 Å². The van der Waals surface area contributed by atoms with Crippen LogP contribution in [0.3, 0.4) is 0 Å². The fourth-order valence-electron chi connectivity index (χ4n) is 2.85. The summed E-state index contributed by atoms with van der Waals surface area (Å²) >= 11 is 0. The average Bonchev–Trinajstić information content (AvgIpc) is 2.79. The van der Waals surface area contributed by atoms with Gasteiger partial charge in [0.2, 0.25) is 10.0 Å². The summed E-state index contributed by atoms with van der Waals surface area (Å²) in [6.07, 6.45) is 1.82. The first-order valence-electron chi connectivity index (χ1n) is 9.62. The summed E-state index contributed by atoms with van der Waals surface area (Å²) in [6.45, 7) is -0.249. The van der Waals surface area contributed by atoms with Gasteiger partial charge in [-0.3, -0.25) is 4.79 Å². The van der Waals surface area contributed by atoms with Gasteiger partial charge >= 0.3 is 0 Å². The van der Waals surface area contributed by atoms with Gasteiger partial charge in [-0.2, -0.15) is 9.41 Å². The van der Waals surface area contributed by atoms with Crippen LogP contribution in [0.15, 0.2) is 94.9 Å². The van der Waals surface area contributed by atoms with E-state index < -0.39 is 15.9 Å². The lowest BCUT2D eigenvalue weighted by Crippen LogP contribution is -2.40. The fourth-order valence-corrected chi connectivity index (χ4v) is 4.27. The van der Waals surface area contributed by atoms with Crippen LogP contribution < -0.4 is 5.43 Å². The summed E-state index contributed by atoms with van der Waals surface area (Å²) in [7, 11) is -3.87. The van der Waals surface area contributed by atoms with Gasteiger partial charge in [0, 0.05) is 6.54 Å². The van der Waals surface area contributed by atoms with Crippen LogP contribution >= 0.6 is 0 Å². The Morgan fingerprint density at radius 1 is 0.935 bits per heavy atom. The van der Waals surface area contributed by atoms with Gasteiger partial charge in [0.25, 0.3) is 5.91 Å².